The number of carbonyl (C=O) groups excluding carboxylic acids is 1. The van der Waals surface area contributed by atoms with Crippen LogP contribution in [0.15, 0.2) is 24.3 Å². The van der Waals surface area contributed by atoms with Crippen molar-refractivity contribution in [2.45, 2.75) is 65.3 Å². The van der Waals surface area contributed by atoms with Crippen molar-refractivity contribution in [3.8, 4) is 0 Å². The number of carbonyl (C=O) groups is 2. The fourth-order valence-corrected chi connectivity index (χ4v) is 2.79. The van der Waals surface area contributed by atoms with E-state index in [4.69, 9.17) is 5.11 Å². The summed E-state index contributed by atoms with van der Waals surface area (Å²) in [6, 6.07) is 7.47. The molecule has 2 rings (SSSR count). The Bertz CT molecular complexity index is 525. The quantitative estimate of drug-likeness (QED) is 0.704. The van der Waals surface area contributed by atoms with Crippen LogP contribution in [0.3, 0.4) is 0 Å². The molecule has 0 saturated heterocycles. The molecular weight excluding hydrogens is 302 g/mol. The second kappa shape index (κ2) is 11.0. The fraction of sp³-hybridized carbons (Fsp3) is 0.600. The first kappa shape index (κ1) is 20.4. The molecule has 1 aliphatic rings. The van der Waals surface area contributed by atoms with Gasteiger partial charge < -0.3 is 10.4 Å². The molecule has 24 heavy (non-hydrogen) atoms. The summed E-state index contributed by atoms with van der Waals surface area (Å²) in [4.78, 5) is 21.9. The summed E-state index contributed by atoms with van der Waals surface area (Å²) in [5.74, 6) is 0.000531. The van der Waals surface area contributed by atoms with Gasteiger partial charge in [-0.2, -0.15) is 0 Å². The standard InChI is InChI=1S/C11H23NO2.C9H8O/c1-4-5-6-7-12-10(11(13)14)8-9(2)3;10-9-6-5-7-3-1-2-4-8(7)9/h9-10,12H,4-8H2,1-3H3,(H,13,14);1-4H,5-6H2/t10-;/m0./s1. The highest BCUT2D eigenvalue weighted by Crippen LogP contribution is 2.20. The lowest BCUT2D eigenvalue weighted by molar-refractivity contribution is -0.139. The van der Waals surface area contributed by atoms with Gasteiger partial charge in [-0.25, -0.2) is 0 Å². The Labute approximate surface area is 145 Å². The van der Waals surface area contributed by atoms with Gasteiger partial charge in [0.2, 0.25) is 0 Å². The summed E-state index contributed by atoms with van der Waals surface area (Å²) in [6.07, 6.45) is 5.76. The molecule has 0 aliphatic heterocycles. The summed E-state index contributed by atoms with van der Waals surface area (Å²) in [7, 11) is 0. The van der Waals surface area contributed by atoms with E-state index in [0.29, 0.717) is 24.5 Å². The number of hydrogen-bond acceptors (Lipinski definition) is 3. The summed E-state index contributed by atoms with van der Waals surface area (Å²) in [5.41, 5.74) is 2.15. The molecule has 0 unspecified atom stereocenters. The van der Waals surface area contributed by atoms with Crippen LogP contribution in [0.2, 0.25) is 0 Å². The molecule has 0 aromatic heterocycles. The number of aryl methyl sites for hydroxylation is 1. The van der Waals surface area contributed by atoms with Crippen LogP contribution < -0.4 is 5.32 Å². The number of carboxylic acid groups (broad SMARTS) is 1. The molecule has 0 bridgehead atoms. The predicted molar refractivity (Wildman–Crippen MR) is 97.5 cm³/mol. The molecule has 2 N–H and O–H groups in total. The van der Waals surface area contributed by atoms with E-state index in [1.54, 1.807) is 0 Å². The number of rotatable bonds is 8. The number of carboxylic acids is 1. The topological polar surface area (TPSA) is 66.4 Å². The molecule has 4 heteroatoms. The third kappa shape index (κ3) is 7.26. The van der Waals surface area contributed by atoms with Gasteiger partial charge in [0.25, 0.3) is 0 Å². The Morgan fingerprint density at radius 1 is 1.21 bits per heavy atom. The molecular formula is C20H31NO3. The van der Waals surface area contributed by atoms with E-state index in [0.717, 1.165) is 24.9 Å². The number of hydrogen-bond donors (Lipinski definition) is 2. The average Bonchev–Trinajstić information content (AvgIpc) is 2.92. The van der Waals surface area contributed by atoms with Gasteiger partial charge in [0.1, 0.15) is 6.04 Å². The Kier molecular flexibility index (Phi) is 9.31. The van der Waals surface area contributed by atoms with Crippen molar-refractivity contribution < 1.29 is 14.7 Å². The highest BCUT2D eigenvalue weighted by Gasteiger charge is 2.18. The zero-order chi connectivity index (χ0) is 17.9. The minimum atomic E-state index is -0.727. The molecule has 1 atom stereocenters. The first-order chi connectivity index (χ1) is 11.5. The van der Waals surface area contributed by atoms with Crippen LogP contribution in [-0.4, -0.2) is 29.4 Å². The number of Topliss-reactive ketones (excluding diaryl/α,β-unsaturated/α-hetero) is 1. The van der Waals surface area contributed by atoms with Crippen LogP contribution in [0, 0.1) is 5.92 Å². The number of nitrogens with one attached hydrogen (secondary N) is 1. The van der Waals surface area contributed by atoms with E-state index in [2.05, 4.69) is 12.2 Å². The molecule has 1 aromatic rings. The van der Waals surface area contributed by atoms with Crippen molar-refractivity contribution in [2.75, 3.05) is 6.54 Å². The van der Waals surface area contributed by atoms with E-state index < -0.39 is 5.97 Å². The molecule has 0 fully saturated rings. The lowest BCUT2D eigenvalue weighted by Crippen LogP contribution is -2.38. The Morgan fingerprint density at radius 3 is 2.50 bits per heavy atom. The van der Waals surface area contributed by atoms with E-state index in [1.807, 2.05) is 38.1 Å². The average molecular weight is 333 g/mol. The van der Waals surface area contributed by atoms with Crippen LogP contribution in [0.1, 0.15) is 68.8 Å². The molecule has 0 amide bonds. The van der Waals surface area contributed by atoms with Gasteiger partial charge in [0.05, 0.1) is 0 Å². The highest BCUT2D eigenvalue weighted by molar-refractivity contribution is 6.00. The van der Waals surface area contributed by atoms with E-state index >= 15 is 0 Å². The normalized spacial score (nSPS) is 14.1. The molecule has 134 valence electrons. The summed E-state index contributed by atoms with van der Waals surface area (Å²) >= 11 is 0. The monoisotopic (exact) mass is 333 g/mol. The van der Waals surface area contributed by atoms with Crippen molar-refractivity contribution in [3.05, 3.63) is 35.4 Å². The van der Waals surface area contributed by atoms with Gasteiger partial charge in [0, 0.05) is 12.0 Å². The van der Waals surface area contributed by atoms with Gasteiger partial charge >= 0.3 is 5.97 Å². The first-order valence-corrected chi connectivity index (χ1v) is 9.03. The minimum absolute atomic E-state index is 0.301. The molecule has 0 saturated carbocycles. The Morgan fingerprint density at radius 2 is 1.92 bits per heavy atom. The van der Waals surface area contributed by atoms with Gasteiger partial charge in [0.15, 0.2) is 5.78 Å². The summed E-state index contributed by atoms with van der Waals surface area (Å²) in [6.45, 7) is 7.05. The van der Waals surface area contributed by atoms with Crippen molar-refractivity contribution >= 4 is 11.8 Å². The van der Waals surface area contributed by atoms with E-state index in [1.165, 1.54) is 18.4 Å². The SMILES string of the molecule is CCCCCN[C@@H](CC(C)C)C(=O)O.O=C1CCc2ccccc21. The maximum absolute atomic E-state index is 11.1. The van der Waals surface area contributed by atoms with Crippen LogP contribution in [-0.2, 0) is 11.2 Å². The second-order valence-corrected chi connectivity index (χ2v) is 6.76. The maximum atomic E-state index is 11.1. The fourth-order valence-electron chi connectivity index (χ4n) is 2.79. The van der Waals surface area contributed by atoms with Crippen molar-refractivity contribution in [3.63, 3.8) is 0 Å². The van der Waals surface area contributed by atoms with Gasteiger partial charge in [-0.1, -0.05) is 57.9 Å². The third-order valence-electron chi connectivity index (χ3n) is 4.12. The van der Waals surface area contributed by atoms with E-state index in [-0.39, 0.29) is 6.04 Å². The summed E-state index contributed by atoms with van der Waals surface area (Å²) < 4.78 is 0. The Balaban J connectivity index is 0.000000250. The van der Waals surface area contributed by atoms with Gasteiger partial charge in [-0.15, -0.1) is 0 Å². The van der Waals surface area contributed by atoms with Crippen molar-refractivity contribution in [2.24, 2.45) is 5.92 Å². The van der Waals surface area contributed by atoms with Crippen molar-refractivity contribution in [1.82, 2.24) is 5.32 Å². The van der Waals surface area contributed by atoms with Gasteiger partial charge in [-0.05, 0) is 37.3 Å². The van der Waals surface area contributed by atoms with Crippen molar-refractivity contribution in [1.29, 1.82) is 0 Å². The third-order valence-corrected chi connectivity index (χ3v) is 4.12. The predicted octanol–water partition coefficient (Wildman–Crippen LogP) is 4.08. The molecule has 0 heterocycles. The lowest BCUT2D eigenvalue weighted by atomic mass is 10.0. The van der Waals surface area contributed by atoms with Crippen LogP contribution >= 0.6 is 0 Å². The van der Waals surface area contributed by atoms with E-state index in [9.17, 15) is 9.59 Å². The van der Waals surface area contributed by atoms with Crippen LogP contribution in [0.4, 0.5) is 0 Å². The number of fused-ring (bicyclic) bond motifs is 1. The number of unbranched alkanes of at least 4 members (excludes halogenated alkanes) is 2. The zero-order valence-electron chi connectivity index (χ0n) is 15.2. The lowest BCUT2D eigenvalue weighted by Gasteiger charge is -2.16. The number of ketones is 1. The second-order valence-electron chi connectivity index (χ2n) is 6.76. The number of benzene rings is 1. The summed E-state index contributed by atoms with van der Waals surface area (Å²) in [5, 5.41) is 12.0. The Hall–Kier alpha value is -1.68. The maximum Gasteiger partial charge on any atom is 0.320 e. The molecule has 4 nitrogen and oxygen atoms in total. The molecule has 1 aromatic carbocycles. The van der Waals surface area contributed by atoms with Crippen LogP contribution in [0.5, 0.6) is 0 Å². The zero-order valence-corrected chi connectivity index (χ0v) is 15.2. The molecule has 0 spiro atoms. The highest BCUT2D eigenvalue weighted by atomic mass is 16.4. The molecule has 0 radical (unpaired) electrons. The number of aliphatic carboxylic acids is 1. The largest absolute Gasteiger partial charge is 0.480 e. The molecule has 1 aliphatic carbocycles. The smallest absolute Gasteiger partial charge is 0.320 e. The minimum Gasteiger partial charge on any atom is -0.480 e. The van der Waals surface area contributed by atoms with Gasteiger partial charge in [-0.3, -0.25) is 9.59 Å². The van der Waals surface area contributed by atoms with Crippen LogP contribution in [0.25, 0.3) is 0 Å². The first-order valence-electron chi connectivity index (χ1n) is 9.03.